The van der Waals surface area contributed by atoms with Crippen molar-refractivity contribution >= 4 is 5.91 Å². The number of benzene rings is 1. The minimum absolute atomic E-state index is 0.221. The highest BCUT2D eigenvalue weighted by molar-refractivity contribution is 5.94. The lowest BCUT2D eigenvalue weighted by molar-refractivity contribution is -0.137. The summed E-state index contributed by atoms with van der Waals surface area (Å²) in [6.45, 7) is 3.94. The molecule has 1 aliphatic rings. The summed E-state index contributed by atoms with van der Waals surface area (Å²) >= 11 is 0. The highest BCUT2D eigenvalue weighted by Gasteiger charge is 2.33. The van der Waals surface area contributed by atoms with E-state index in [0.717, 1.165) is 0 Å². The summed E-state index contributed by atoms with van der Waals surface area (Å²) in [5.41, 5.74) is -1.60. The zero-order valence-electron chi connectivity index (χ0n) is 11.6. The lowest BCUT2D eigenvalue weighted by Gasteiger charge is -2.35. The SMILES string of the molecule is CC1CN(C(=O)c2cc(C(F)(F)F)ccc2F)CC(C)O1. The molecule has 1 heterocycles. The third-order valence-corrected chi connectivity index (χ3v) is 3.23. The Kier molecular flexibility index (Phi) is 4.22. The van der Waals surface area contributed by atoms with Crippen molar-refractivity contribution in [2.45, 2.75) is 32.2 Å². The van der Waals surface area contributed by atoms with Gasteiger partial charge in [0.05, 0.1) is 23.3 Å². The number of carbonyl (C=O) groups is 1. The zero-order valence-corrected chi connectivity index (χ0v) is 11.6. The molecule has 1 fully saturated rings. The average molecular weight is 305 g/mol. The highest BCUT2D eigenvalue weighted by atomic mass is 19.4. The molecule has 0 radical (unpaired) electrons. The van der Waals surface area contributed by atoms with Crippen LogP contribution in [0.25, 0.3) is 0 Å². The summed E-state index contributed by atoms with van der Waals surface area (Å²) < 4.78 is 57.1. The van der Waals surface area contributed by atoms with Crippen LogP contribution in [0.5, 0.6) is 0 Å². The van der Waals surface area contributed by atoms with E-state index in [1.807, 2.05) is 0 Å². The first-order valence-corrected chi connectivity index (χ1v) is 6.50. The van der Waals surface area contributed by atoms with Gasteiger partial charge in [0, 0.05) is 13.1 Å². The van der Waals surface area contributed by atoms with Crippen LogP contribution in [-0.2, 0) is 10.9 Å². The molecule has 0 saturated carbocycles. The molecule has 0 aliphatic carbocycles. The van der Waals surface area contributed by atoms with E-state index in [0.29, 0.717) is 18.2 Å². The van der Waals surface area contributed by atoms with Gasteiger partial charge in [-0.05, 0) is 32.0 Å². The number of alkyl halides is 3. The fraction of sp³-hybridized carbons (Fsp3) is 0.500. The van der Waals surface area contributed by atoms with E-state index in [1.54, 1.807) is 13.8 Å². The van der Waals surface area contributed by atoms with Crippen molar-refractivity contribution in [3.63, 3.8) is 0 Å². The normalized spacial score (nSPS) is 23.2. The van der Waals surface area contributed by atoms with Crippen molar-refractivity contribution in [2.24, 2.45) is 0 Å². The van der Waals surface area contributed by atoms with Gasteiger partial charge in [-0.3, -0.25) is 4.79 Å². The van der Waals surface area contributed by atoms with Gasteiger partial charge < -0.3 is 9.64 Å². The third kappa shape index (κ3) is 3.53. The second-order valence-electron chi connectivity index (χ2n) is 5.16. The Labute approximate surface area is 119 Å². The molecule has 0 aromatic heterocycles. The molecular formula is C14H15F4NO2. The maximum atomic E-state index is 13.7. The Morgan fingerprint density at radius 2 is 1.81 bits per heavy atom. The van der Waals surface area contributed by atoms with Gasteiger partial charge in [-0.15, -0.1) is 0 Å². The Hall–Kier alpha value is -1.63. The third-order valence-electron chi connectivity index (χ3n) is 3.23. The second-order valence-corrected chi connectivity index (χ2v) is 5.16. The molecule has 2 rings (SSSR count). The smallest absolute Gasteiger partial charge is 0.372 e. The first kappa shape index (κ1) is 15.8. The topological polar surface area (TPSA) is 29.5 Å². The lowest BCUT2D eigenvalue weighted by Crippen LogP contribution is -2.48. The first-order chi connectivity index (χ1) is 9.68. The number of ether oxygens (including phenoxy) is 1. The van der Waals surface area contributed by atoms with Gasteiger partial charge in [0.1, 0.15) is 5.82 Å². The molecule has 1 amide bonds. The van der Waals surface area contributed by atoms with Crippen LogP contribution >= 0.6 is 0 Å². The largest absolute Gasteiger partial charge is 0.416 e. The van der Waals surface area contributed by atoms with Crippen LogP contribution in [0.15, 0.2) is 18.2 Å². The maximum absolute atomic E-state index is 13.7. The summed E-state index contributed by atoms with van der Waals surface area (Å²) in [5.74, 6) is -1.71. The molecule has 7 heteroatoms. The van der Waals surface area contributed by atoms with E-state index in [9.17, 15) is 22.4 Å². The Morgan fingerprint density at radius 1 is 1.24 bits per heavy atom. The average Bonchev–Trinajstić information content (AvgIpc) is 2.36. The van der Waals surface area contributed by atoms with Crippen LogP contribution in [0.3, 0.4) is 0 Å². The van der Waals surface area contributed by atoms with Crippen LogP contribution in [-0.4, -0.2) is 36.1 Å². The van der Waals surface area contributed by atoms with E-state index in [1.165, 1.54) is 4.90 Å². The fourth-order valence-electron chi connectivity index (χ4n) is 2.38. The van der Waals surface area contributed by atoms with Gasteiger partial charge in [0.15, 0.2) is 0 Å². The molecule has 1 aromatic rings. The van der Waals surface area contributed by atoms with Gasteiger partial charge in [0.2, 0.25) is 0 Å². The van der Waals surface area contributed by atoms with Crippen LogP contribution < -0.4 is 0 Å². The number of carbonyl (C=O) groups excluding carboxylic acids is 1. The molecule has 2 atom stereocenters. The minimum Gasteiger partial charge on any atom is -0.372 e. The van der Waals surface area contributed by atoms with Gasteiger partial charge in [-0.2, -0.15) is 13.2 Å². The summed E-state index contributed by atoms with van der Waals surface area (Å²) in [6, 6.07) is 1.85. The minimum atomic E-state index is -4.62. The summed E-state index contributed by atoms with van der Waals surface area (Å²) in [6.07, 6.45) is -5.10. The number of hydrogen-bond donors (Lipinski definition) is 0. The molecule has 0 N–H and O–H groups in total. The van der Waals surface area contributed by atoms with Crippen LogP contribution in [0.2, 0.25) is 0 Å². The molecule has 1 saturated heterocycles. The highest BCUT2D eigenvalue weighted by Crippen LogP contribution is 2.30. The number of amides is 1. The maximum Gasteiger partial charge on any atom is 0.416 e. The van der Waals surface area contributed by atoms with Gasteiger partial charge in [0.25, 0.3) is 5.91 Å². The molecule has 0 bridgehead atoms. The lowest BCUT2D eigenvalue weighted by atomic mass is 10.1. The fourth-order valence-corrected chi connectivity index (χ4v) is 2.38. The van der Waals surface area contributed by atoms with Gasteiger partial charge in [-0.25, -0.2) is 4.39 Å². The first-order valence-electron chi connectivity index (χ1n) is 6.50. The van der Waals surface area contributed by atoms with Crippen molar-refractivity contribution in [2.75, 3.05) is 13.1 Å². The number of morpholine rings is 1. The monoisotopic (exact) mass is 305 g/mol. The molecule has 21 heavy (non-hydrogen) atoms. The van der Waals surface area contributed by atoms with Crippen LogP contribution in [0.1, 0.15) is 29.8 Å². The number of halogens is 4. The van der Waals surface area contributed by atoms with Crippen molar-refractivity contribution in [1.29, 1.82) is 0 Å². The molecule has 0 spiro atoms. The molecule has 3 nitrogen and oxygen atoms in total. The van der Waals surface area contributed by atoms with Gasteiger partial charge in [-0.1, -0.05) is 0 Å². The van der Waals surface area contributed by atoms with Gasteiger partial charge >= 0.3 is 6.18 Å². The van der Waals surface area contributed by atoms with E-state index in [2.05, 4.69) is 0 Å². The zero-order chi connectivity index (χ0) is 15.8. The van der Waals surface area contributed by atoms with Crippen LogP contribution in [0, 0.1) is 5.82 Å². The number of nitrogens with zero attached hydrogens (tertiary/aromatic N) is 1. The summed E-state index contributed by atoms with van der Waals surface area (Å²) in [5, 5.41) is 0. The Morgan fingerprint density at radius 3 is 2.33 bits per heavy atom. The van der Waals surface area contributed by atoms with E-state index in [4.69, 9.17) is 4.74 Å². The second kappa shape index (κ2) is 5.63. The predicted molar refractivity (Wildman–Crippen MR) is 67.3 cm³/mol. The van der Waals surface area contributed by atoms with E-state index in [-0.39, 0.29) is 25.3 Å². The summed E-state index contributed by atoms with van der Waals surface area (Å²) in [4.78, 5) is 13.6. The predicted octanol–water partition coefficient (Wildman–Crippen LogP) is 3.09. The number of hydrogen-bond acceptors (Lipinski definition) is 2. The quantitative estimate of drug-likeness (QED) is 0.746. The van der Waals surface area contributed by atoms with Crippen molar-refractivity contribution in [3.05, 3.63) is 35.1 Å². The Balaban J connectivity index is 2.30. The van der Waals surface area contributed by atoms with Crippen molar-refractivity contribution in [3.8, 4) is 0 Å². The van der Waals surface area contributed by atoms with Crippen molar-refractivity contribution in [1.82, 2.24) is 4.90 Å². The Bertz CT molecular complexity index is 534. The van der Waals surface area contributed by atoms with E-state index < -0.39 is 29.0 Å². The standard InChI is InChI=1S/C14H15F4NO2/c1-8-6-19(7-9(2)21-8)13(20)11-5-10(14(16,17)18)3-4-12(11)15/h3-5,8-9H,6-7H2,1-2H3. The molecular weight excluding hydrogens is 290 g/mol. The summed E-state index contributed by atoms with van der Waals surface area (Å²) in [7, 11) is 0. The molecule has 2 unspecified atom stereocenters. The molecule has 1 aliphatic heterocycles. The van der Waals surface area contributed by atoms with Crippen molar-refractivity contribution < 1.29 is 27.1 Å². The number of rotatable bonds is 1. The molecule has 116 valence electrons. The molecule has 1 aromatic carbocycles. The van der Waals surface area contributed by atoms with E-state index >= 15 is 0 Å². The van der Waals surface area contributed by atoms with Crippen LogP contribution in [0.4, 0.5) is 17.6 Å².